The molecule has 8 nitrogen and oxygen atoms in total. The minimum absolute atomic E-state index is 0.0912. The smallest absolute Gasteiger partial charge is 0.475 e. The maximum atomic E-state index is 12.8. The van der Waals surface area contributed by atoms with Gasteiger partial charge < -0.3 is 19.9 Å². The summed E-state index contributed by atoms with van der Waals surface area (Å²) in [6, 6.07) is 7.98. The molecule has 3 aromatic heterocycles. The molecule has 0 aliphatic rings. The fourth-order valence-corrected chi connectivity index (χ4v) is 2.88. The highest BCUT2D eigenvalue weighted by Gasteiger charge is 2.38. The van der Waals surface area contributed by atoms with E-state index in [9.17, 15) is 18.0 Å². The maximum absolute atomic E-state index is 12.8. The van der Waals surface area contributed by atoms with Gasteiger partial charge in [0, 0.05) is 43.3 Å². The number of nitrogens with one attached hydrogen (secondary N) is 1. The van der Waals surface area contributed by atoms with Crippen molar-refractivity contribution in [1.82, 2.24) is 24.2 Å². The largest absolute Gasteiger partial charge is 0.490 e. The van der Waals surface area contributed by atoms with Crippen molar-refractivity contribution in [2.45, 2.75) is 39.5 Å². The molecule has 34 heavy (non-hydrogen) atoms. The Morgan fingerprint density at radius 1 is 1.15 bits per heavy atom. The van der Waals surface area contributed by atoms with Crippen LogP contribution in [0, 0.1) is 5.92 Å². The van der Waals surface area contributed by atoms with Crippen LogP contribution in [0.3, 0.4) is 0 Å². The number of imidazole rings is 1. The van der Waals surface area contributed by atoms with Gasteiger partial charge in [0.05, 0.1) is 5.52 Å². The molecule has 11 heteroatoms. The molecule has 0 bridgehead atoms. The number of pyridine rings is 1. The number of aromatic nitrogens is 3. The molecule has 0 saturated heterocycles. The zero-order valence-corrected chi connectivity index (χ0v) is 19.8. The molecular formula is C23H30F3N5O3. The van der Waals surface area contributed by atoms with Crippen LogP contribution in [-0.2, 0) is 11.3 Å². The number of halogens is 3. The number of fused-ring (bicyclic) bond motifs is 1. The molecule has 1 amide bonds. The number of carboxylic acid groups (broad SMARTS) is 1. The summed E-state index contributed by atoms with van der Waals surface area (Å²) in [6.07, 6.45) is 1.02. The van der Waals surface area contributed by atoms with Crippen LogP contribution in [0.1, 0.15) is 31.3 Å². The number of aliphatic carboxylic acids is 1. The minimum atomic E-state index is -5.08. The second-order valence-electron chi connectivity index (χ2n) is 8.49. The molecule has 0 spiro atoms. The summed E-state index contributed by atoms with van der Waals surface area (Å²) >= 11 is 0. The van der Waals surface area contributed by atoms with Crippen LogP contribution >= 0.6 is 0 Å². The summed E-state index contributed by atoms with van der Waals surface area (Å²) in [6.45, 7) is 8.09. The highest BCUT2D eigenvalue weighted by Crippen LogP contribution is 2.23. The lowest BCUT2D eigenvalue weighted by Gasteiger charge is -2.16. The molecule has 0 aliphatic heterocycles. The Balaban J connectivity index is 0.000000509. The molecule has 0 radical (unpaired) electrons. The fraction of sp³-hybridized carbons (Fsp3) is 0.435. The quantitative estimate of drug-likeness (QED) is 0.536. The number of hydrogen-bond donors (Lipinski definition) is 2. The van der Waals surface area contributed by atoms with Gasteiger partial charge in [-0.3, -0.25) is 9.20 Å². The summed E-state index contributed by atoms with van der Waals surface area (Å²) in [7, 11) is 4.13. The number of carbonyl (C=O) groups is 2. The highest BCUT2D eigenvalue weighted by molar-refractivity contribution is 6.00. The second kappa shape index (κ2) is 11.2. The van der Waals surface area contributed by atoms with Crippen LogP contribution in [0.25, 0.3) is 16.9 Å². The number of rotatable bonds is 7. The molecule has 0 fully saturated rings. The first-order valence-electron chi connectivity index (χ1n) is 10.7. The number of hydrogen-bond acceptors (Lipinski definition) is 4. The van der Waals surface area contributed by atoms with E-state index in [4.69, 9.17) is 14.9 Å². The number of alkyl halides is 3. The average molecular weight is 482 g/mol. The lowest BCUT2D eigenvalue weighted by atomic mass is 10.1. The normalized spacial score (nSPS) is 12.5. The Bertz CT molecular complexity index is 1120. The van der Waals surface area contributed by atoms with Crippen molar-refractivity contribution in [2.75, 3.05) is 20.6 Å². The van der Waals surface area contributed by atoms with Crippen LogP contribution in [-0.4, -0.2) is 68.7 Å². The summed E-state index contributed by atoms with van der Waals surface area (Å²) in [4.78, 5) is 28.6. The molecule has 1 unspecified atom stereocenters. The van der Waals surface area contributed by atoms with Gasteiger partial charge in [-0.05, 0) is 45.1 Å². The van der Waals surface area contributed by atoms with E-state index in [0.29, 0.717) is 11.6 Å². The van der Waals surface area contributed by atoms with E-state index in [1.807, 2.05) is 35.7 Å². The third-order valence-electron chi connectivity index (χ3n) is 5.18. The third-order valence-corrected chi connectivity index (χ3v) is 5.18. The Kier molecular flexibility index (Phi) is 8.86. The summed E-state index contributed by atoms with van der Waals surface area (Å²) in [5.41, 5.74) is 2.30. The molecule has 0 aliphatic carbocycles. The van der Waals surface area contributed by atoms with E-state index in [-0.39, 0.29) is 11.9 Å². The van der Waals surface area contributed by atoms with Gasteiger partial charge in [0.2, 0.25) is 0 Å². The molecule has 3 heterocycles. The summed E-state index contributed by atoms with van der Waals surface area (Å²) in [5.74, 6) is -1.73. The van der Waals surface area contributed by atoms with Gasteiger partial charge in [0.1, 0.15) is 5.82 Å². The Hall–Kier alpha value is -3.34. The molecule has 186 valence electrons. The van der Waals surface area contributed by atoms with Gasteiger partial charge in [-0.1, -0.05) is 19.9 Å². The van der Waals surface area contributed by atoms with E-state index in [2.05, 4.69) is 61.2 Å². The molecule has 0 saturated carbocycles. The highest BCUT2D eigenvalue weighted by atomic mass is 19.4. The summed E-state index contributed by atoms with van der Waals surface area (Å²) in [5, 5.41) is 10.2. The second-order valence-corrected chi connectivity index (χ2v) is 8.49. The average Bonchev–Trinajstić information content (AvgIpc) is 3.36. The molecule has 3 rings (SSSR count). The van der Waals surface area contributed by atoms with Crippen LogP contribution in [0.2, 0.25) is 0 Å². The standard InChI is InChI=1S/C21H29N5O.C2HF3O2/c1-15(2)16(3)22-21(27)19-18-8-6-7-10-26(18)20(23-19)17-9-11-25(14-17)13-12-24(4)5;3-2(4,5)1(6)7/h6-11,14-16H,12-13H2,1-5H3,(H,22,27);(H,6,7). The van der Waals surface area contributed by atoms with Crippen LogP contribution in [0.15, 0.2) is 42.9 Å². The first-order valence-corrected chi connectivity index (χ1v) is 10.7. The van der Waals surface area contributed by atoms with Gasteiger partial charge in [-0.15, -0.1) is 0 Å². The predicted octanol–water partition coefficient (Wildman–Crippen LogP) is 3.77. The van der Waals surface area contributed by atoms with Crippen molar-refractivity contribution >= 4 is 17.4 Å². The van der Waals surface area contributed by atoms with Crippen molar-refractivity contribution in [3.8, 4) is 11.4 Å². The van der Waals surface area contributed by atoms with E-state index >= 15 is 0 Å². The summed E-state index contributed by atoms with van der Waals surface area (Å²) < 4.78 is 35.9. The van der Waals surface area contributed by atoms with Crippen molar-refractivity contribution in [1.29, 1.82) is 0 Å². The van der Waals surface area contributed by atoms with Gasteiger partial charge in [-0.25, -0.2) is 9.78 Å². The van der Waals surface area contributed by atoms with Crippen molar-refractivity contribution in [2.24, 2.45) is 5.92 Å². The maximum Gasteiger partial charge on any atom is 0.490 e. The van der Waals surface area contributed by atoms with E-state index in [1.54, 1.807) is 0 Å². The monoisotopic (exact) mass is 481 g/mol. The van der Waals surface area contributed by atoms with Crippen molar-refractivity contribution in [3.05, 3.63) is 48.5 Å². The Morgan fingerprint density at radius 3 is 2.35 bits per heavy atom. The molecular weight excluding hydrogens is 451 g/mol. The first-order chi connectivity index (χ1) is 15.8. The van der Waals surface area contributed by atoms with Crippen LogP contribution in [0.5, 0.6) is 0 Å². The number of nitrogens with zero attached hydrogens (tertiary/aromatic N) is 4. The number of carboxylic acids is 1. The van der Waals surface area contributed by atoms with Crippen LogP contribution < -0.4 is 5.32 Å². The molecule has 0 aromatic carbocycles. The van der Waals surface area contributed by atoms with E-state index in [1.165, 1.54) is 0 Å². The van der Waals surface area contributed by atoms with E-state index < -0.39 is 12.1 Å². The minimum Gasteiger partial charge on any atom is -0.475 e. The number of carbonyl (C=O) groups excluding carboxylic acids is 1. The third kappa shape index (κ3) is 7.08. The zero-order valence-electron chi connectivity index (χ0n) is 19.8. The molecule has 2 N–H and O–H groups in total. The van der Waals surface area contributed by atoms with Crippen LogP contribution in [0.4, 0.5) is 13.2 Å². The van der Waals surface area contributed by atoms with Crippen molar-refractivity contribution < 1.29 is 27.9 Å². The Morgan fingerprint density at radius 2 is 1.79 bits per heavy atom. The van der Waals surface area contributed by atoms with Gasteiger partial charge in [0.25, 0.3) is 5.91 Å². The lowest BCUT2D eigenvalue weighted by Crippen LogP contribution is -2.36. The molecule has 1 atom stereocenters. The molecule has 3 aromatic rings. The fourth-order valence-electron chi connectivity index (χ4n) is 2.88. The Labute approximate surface area is 196 Å². The van der Waals surface area contributed by atoms with E-state index in [0.717, 1.165) is 30.0 Å². The first kappa shape index (κ1) is 26.9. The lowest BCUT2D eigenvalue weighted by molar-refractivity contribution is -0.192. The van der Waals surface area contributed by atoms with Gasteiger partial charge in [-0.2, -0.15) is 13.2 Å². The van der Waals surface area contributed by atoms with Gasteiger partial charge >= 0.3 is 12.1 Å². The predicted molar refractivity (Wildman–Crippen MR) is 123 cm³/mol. The van der Waals surface area contributed by atoms with Gasteiger partial charge in [0.15, 0.2) is 5.69 Å². The SMILES string of the molecule is CC(C)C(C)NC(=O)c1nc(-c2ccn(CCN(C)C)c2)n2ccccc12.O=C(O)C(F)(F)F. The topological polar surface area (TPSA) is 91.9 Å². The number of likely N-dealkylation sites (N-methyl/N-ethyl adjacent to an activating group) is 1. The number of amides is 1. The zero-order chi connectivity index (χ0) is 25.6. The van der Waals surface area contributed by atoms with Crippen molar-refractivity contribution in [3.63, 3.8) is 0 Å².